The summed E-state index contributed by atoms with van der Waals surface area (Å²) >= 11 is 1.17. The summed E-state index contributed by atoms with van der Waals surface area (Å²) < 4.78 is 10.8. The molecular formula is C27H27N3O4S. The lowest BCUT2D eigenvalue weighted by Gasteiger charge is -2.19. The van der Waals surface area contributed by atoms with E-state index in [2.05, 4.69) is 36.4 Å². The number of aromatic nitrogens is 1. The van der Waals surface area contributed by atoms with Crippen LogP contribution in [-0.2, 0) is 10.2 Å². The number of hydrogen-bond acceptors (Lipinski definition) is 6. The van der Waals surface area contributed by atoms with Gasteiger partial charge in [-0.1, -0.05) is 74.1 Å². The minimum absolute atomic E-state index is 0.0416. The van der Waals surface area contributed by atoms with Crippen molar-refractivity contribution in [3.05, 3.63) is 83.8 Å². The molecule has 0 radical (unpaired) electrons. The van der Waals surface area contributed by atoms with Crippen LogP contribution in [0.3, 0.4) is 0 Å². The average molecular weight is 490 g/mol. The second-order valence-electron chi connectivity index (χ2n) is 9.11. The van der Waals surface area contributed by atoms with E-state index in [0.29, 0.717) is 21.6 Å². The predicted molar refractivity (Wildman–Crippen MR) is 138 cm³/mol. The molecule has 0 atom stereocenters. The summed E-state index contributed by atoms with van der Waals surface area (Å²) in [6.07, 6.45) is 1.44. The third kappa shape index (κ3) is 6.16. The lowest BCUT2D eigenvalue weighted by molar-refractivity contribution is -0.118. The number of thiazole rings is 1. The van der Waals surface area contributed by atoms with E-state index in [0.717, 1.165) is 11.1 Å². The van der Waals surface area contributed by atoms with E-state index in [1.54, 1.807) is 12.1 Å². The maximum atomic E-state index is 12.6. The van der Waals surface area contributed by atoms with Crippen LogP contribution in [0.5, 0.6) is 5.75 Å². The van der Waals surface area contributed by atoms with E-state index in [-0.39, 0.29) is 23.7 Å². The van der Waals surface area contributed by atoms with Crippen molar-refractivity contribution in [3.8, 4) is 17.0 Å². The number of benzene rings is 2. The summed E-state index contributed by atoms with van der Waals surface area (Å²) in [5, 5.41) is 6.46. The first-order valence-electron chi connectivity index (χ1n) is 11.1. The zero-order valence-electron chi connectivity index (χ0n) is 20.0. The van der Waals surface area contributed by atoms with E-state index in [4.69, 9.17) is 9.15 Å². The highest BCUT2D eigenvalue weighted by atomic mass is 32.1. The van der Waals surface area contributed by atoms with Gasteiger partial charge in [0.2, 0.25) is 0 Å². The van der Waals surface area contributed by atoms with Crippen LogP contribution in [0.15, 0.2) is 71.3 Å². The van der Waals surface area contributed by atoms with Crippen molar-refractivity contribution in [1.82, 2.24) is 4.98 Å². The molecule has 0 saturated heterocycles. The molecule has 2 aromatic heterocycles. The van der Waals surface area contributed by atoms with Gasteiger partial charge in [-0.15, -0.1) is 0 Å². The molecule has 0 fully saturated rings. The molecule has 4 aromatic rings. The first-order chi connectivity index (χ1) is 16.7. The second-order valence-corrected chi connectivity index (χ2v) is 10.1. The van der Waals surface area contributed by atoms with Crippen LogP contribution in [0.25, 0.3) is 11.3 Å². The van der Waals surface area contributed by atoms with Gasteiger partial charge in [0, 0.05) is 5.56 Å². The van der Waals surface area contributed by atoms with Crippen molar-refractivity contribution in [3.63, 3.8) is 0 Å². The van der Waals surface area contributed by atoms with Gasteiger partial charge in [-0.2, -0.15) is 0 Å². The highest BCUT2D eigenvalue weighted by Crippen LogP contribution is 2.36. The van der Waals surface area contributed by atoms with Crippen LogP contribution >= 0.6 is 11.3 Å². The molecule has 2 N–H and O–H groups in total. The summed E-state index contributed by atoms with van der Waals surface area (Å²) in [4.78, 5) is 29.7. The summed E-state index contributed by atoms with van der Waals surface area (Å²) in [5.74, 6) is 0.0497. The third-order valence-corrected chi connectivity index (χ3v) is 6.15. The number of furan rings is 1. The molecular weight excluding hydrogens is 462 g/mol. The monoisotopic (exact) mass is 489 g/mol. The Hall–Kier alpha value is -3.91. The number of ether oxygens (including phenoxy) is 1. The van der Waals surface area contributed by atoms with Crippen molar-refractivity contribution in [2.75, 3.05) is 17.2 Å². The van der Waals surface area contributed by atoms with Gasteiger partial charge in [0.15, 0.2) is 17.5 Å². The van der Waals surface area contributed by atoms with Crippen molar-refractivity contribution in [1.29, 1.82) is 0 Å². The Morgan fingerprint density at radius 2 is 1.71 bits per heavy atom. The van der Waals surface area contributed by atoms with E-state index in [1.165, 1.54) is 23.2 Å². The lowest BCUT2D eigenvalue weighted by Crippen LogP contribution is -2.20. The number of carbonyl (C=O) groups is 2. The number of carbonyl (C=O) groups excluding carboxylic acids is 2. The number of anilines is 2. The molecule has 2 aromatic carbocycles. The van der Waals surface area contributed by atoms with Crippen molar-refractivity contribution in [2.45, 2.75) is 33.1 Å². The molecule has 0 spiro atoms. The van der Waals surface area contributed by atoms with Crippen LogP contribution in [0.2, 0.25) is 0 Å². The van der Waals surface area contributed by atoms with E-state index in [1.807, 2.05) is 55.5 Å². The molecule has 0 saturated carbocycles. The summed E-state index contributed by atoms with van der Waals surface area (Å²) in [7, 11) is 0. The van der Waals surface area contributed by atoms with Gasteiger partial charge < -0.3 is 14.5 Å². The molecule has 0 bridgehead atoms. The fraction of sp³-hybridized carbons (Fsp3) is 0.222. The van der Waals surface area contributed by atoms with Gasteiger partial charge >= 0.3 is 0 Å². The zero-order valence-corrected chi connectivity index (χ0v) is 20.9. The Labute approximate surface area is 208 Å². The fourth-order valence-corrected chi connectivity index (χ4v) is 4.19. The van der Waals surface area contributed by atoms with Crippen LogP contribution in [0.4, 0.5) is 10.1 Å². The number of nitrogens with zero attached hydrogens (tertiary/aromatic N) is 1. The Morgan fingerprint density at radius 3 is 2.34 bits per heavy atom. The largest absolute Gasteiger partial charge is 0.484 e. The Kier molecular flexibility index (Phi) is 7.02. The normalized spacial score (nSPS) is 11.2. The Morgan fingerprint density at radius 1 is 1.00 bits per heavy atom. The van der Waals surface area contributed by atoms with Gasteiger partial charge in [-0.3, -0.25) is 14.9 Å². The molecule has 0 unspecified atom stereocenters. The van der Waals surface area contributed by atoms with Crippen molar-refractivity contribution in [2.24, 2.45) is 0 Å². The minimum Gasteiger partial charge on any atom is -0.484 e. The molecule has 0 aliphatic carbocycles. The molecule has 2 heterocycles. The van der Waals surface area contributed by atoms with Crippen LogP contribution < -0.4 is 15.4 Å². The predicted octanol–water partition coefficient (Wildman–Crippen LogP) is 6.28. The van der Waals surface area contributed by atoms with Crippen LogP contribution in [-0.4, -0.2) is 23.4 Å². The SMILES string of the molecule is Cc1ccc(-c2nc(NC(=O)COc3ccc(C(C)(C)C)cc3)sc2NC(=O)c2ccco2)cc1. The summed E-state index contributed by atoms with van der Waals surface area (Å²) in [6.45, 7) is 8.25. The van der Waals surface area contributed by atoms with Crippen molar-refractivity contribution < 1.29 is 18.7 Å². The highest BCUT2D eigenvalue weighted by molar-refractivity contribution is 7.20. The Balaban J connectivity index is 1.47. The molecule has 35 heavy (non-hydrogen) atoms. The van der Waals surface area contributed by atoms with E-state index >= 15 is 0 Å². The zero-order chi connectivity index (χ0) is 25.0. The molecule has 7 nitrogen and oxygen atoms in total. The molecule has 4 rings (SSSR count). The number of hydrogen-bond donors (Lipinski definition) is 2. The molecule has 0 aliphatic rings. The summed E-state index contributed by atoms with van der Waals surface area (Å²) in [6, 6.07) is 18.7. The van der Waals surface area contributed by atoms with Crippen molar-refractivity contribution >= 4 is 33.3 Å². The number of aryl methyl sites for hydroxylation is 1. The van der Waals surface area contributed by atoms with E-state index < -0.39 is 5.91 Å². The first-order valence-corrected chi connectivity index (χ1v) is 12.0. The molecule has 8 heteroatoms. The number of rotatable bonds is 7. The number of nitrogens with one attached hydrogen (secondary N) is 2. The van der Waals surface area contributed by atoms with Crippen LogP contribution in [0.1, 0.15) is 42.5 Å². The number of amides is 2. The summed E-state index contributed by atoms with van der Waals surface area (Å²) in [5.41, 5.74) is 3.71. The molecule has 180 valence electrons. The fourth-order valence-electron chi connectivity index (χ4n) is 3.29. The molecule has 2 amide bonds. The smallest absolute Gasteiger partial charge is 0.292 e. The second kappa shape index (κ2) is 10.1. The van der Waals surface area contributed by atoms with Crippen LogP contribution in [0, 0.1) is 6.92 Å². The minimum atomic E-state index is -0.396. The quantitative estimate of drug-likeness (QED) is 0.319. The van der Waals surface area contributed by atoms with Gasteiger partial charge in [0.1, 0.15) is 16.4 Å². The lowest BCUT2D eigenvalue weighted by atomic mass is 9.87. The molecule has 0 aliphatic heterocycles. The van der Waals surface area contributed by atoms with Gasteiger partial charge in [-0.05, 0) is 42.2 Å². The Bertz CT molecular complexity index is 1300. The average Bonchev–Trinajstić information content (AvgIpc) is 3.49. The highest BCUT2D eigenvalue weighted by Gasteiger charge is 2.19. The standard InChI is InChI=1S/C27H27N3O4S/c1-17-7-9-18(10-8-17)23-25(30-24(32)21-6-5-15-33-21)35-26(29-23)28-22(31)16-34-20-13-11-19(12-14-20)27(2,3)4/h5-15H,16H2,1-4H3,(H,30,32)(H,28,29,31). The maximum Gasteiger partial charge on any atom is 0.292 e. The topological polar surface area (TPSA) is 93.5 Å². The van der Waals surface area contributed by atoms with Gasteiger partial charge in [-0.25, -0.2) is 4.98 Å². The van der Waals surface area contributed by atoms with E-state index in [9.17, 15) is 9.59 Å². The third-order valence-electron chi connectivity index (χ3n) is 5.26. The first kappa shape index (κ1) is 24.2. The maximum absolute atomic E-state index is 12.6. The van der Waals surface area contributed by atoms with Gasteiger partial charge in [0.25, 0.3) is 11.8 Å². The van der Waals surface area contributed by atoms with Gasteiger partial charge in [0.05, 0.1) is 6.26 Å².